The molecule has 0 aliphatic carbocycles. The van der Waals surface area contributed by atoms with Gasteiger partial charge in [-0.15, -0.1) is 0 Å². The van der Waals surface area contributed by atoms with Gasteiger partial charge in [0.05, 0.1) is 12.8 Å². The van der Waals surface area contributed by atoms with Crippen molar-refractivity contribution in [2.75, 3.05) is 6.54 Å². The molecule has 0 aliphatic heterocycles. The number of aromatic nitrogens is 2. The van der Waals surface area contributed by atoms with Gasteiger partial charge in [0.15, 0.2) is 11.5 Å². The van der Waals surface area contributed by atoms with Crippen molar-refractivity contribution in [3.8, 4) is 11.3 Å². The Morgan fingerprint density at radius 1 is 1.35 bits per heavy atom. The standard InChI is InChI=1S/C16H15N3O4/c1-16(21,14-3-2-8-22-14)10-18-15(20)12-9-13(23-19-12)11-4-6-17-7-5-11/h2-9,21H,10H2,1H3,(H,18,20). The van der Waals surface area contributed by atoms with E-state index in [9.17, 15) is 9.90 Å². The van der Waals surface area contributed by atoms with Crippen LogP contribution in [0.4, 0.5) is 0 Å². The summed E-state index contributed by atoms with van der Waals surface area (Å²) < 4.78 is 10.3. The topological polar surface area (TPSA) is 101 Å². The minimum Gasteiger partial charge on any atom is -0.466 e. The van der Waals surface area contributed by atoms with Gasteiger partial charge in [-0.05, 0) is 31.2 Å². The molecule has 3 aromatic rings. The van der Waals surface area contributed by atoms with Gasteiger partial charge < -0.3 is 19.4 Å². The second-order valence-electron chi connectivity index (χ2n) is 5.25. The fourth-order valence-corrected chi connectivity index (χ4v) is 2.05. The van der Waals surface area contributed by atoms with Crippen molar-refractivity contribution in [1.29, 1.82) is 0 Å². The lowest BCUT2D eigenvalue weighted by Gasteiger charge is -2.20. The van der Waals surface area contributed by atoms with Crippen LogP contribution >= 0.6 is 0 Å². The summed E-state index contributed by atoms with van der Waals surface area (Å²) in [4.78, 5) is 16.0. The molecule has 1 atom stereocenters. The molecule has 3 heterocycles. The van der Waals surface area contributed by atoms with E-state index in [0.29, 0.717) is 11.5 Å². The number of carbonyl (C=O) groups excluding carboxylic acids is 1. The maximum atomic E-state index is 12.1. The van der Waals surface area contributed by atoms with Crippen molar-refractivity contribution >= 4 is 5.91 Å². The Kier molecular flexibility index (Phi) is 3.94. The van der Waals surface area contributed by atoms with Crippen LogP contribution in [-0.4, -0.2) is 27.7 Å². The fraction of sp³-hybridized carbons (Fsp3) is 0.188. The van der Waals surface area contributed by atoms with Crippen LogP contribution in [0.1, 0.15) is 23.2 Å². The van der Waals surface area contributed by atoms with E-state index in [-0.39, 0.29) is 12.2 Å². The number of amides is 1. The second-order valence-corrected chi connectivity index (χ2v) is 5.25. The first-order valence-electron chi connectivity index (χ1n) is 6.98. The van der Waals surface area contributed by atoms with Gasteiger partial charge >= 0.3 is 0 Å². The number of hydrogen-bond donors (Lipinski definition) is 2. The lowest BCUT2D eigenvalue weighted by molar-refractivity contribution is 0.0329. The molecular weight excluding hydrogens is 298 g/mol. The van der Waals surface area contributed by atoms with Gasteiger partial charge in [0.25, 0.3) is 5.91 Å². The quantitative estimate of drug-likeness (QED) is 0.746. The molecule has 0 saturated carbocycles. The van der Waals surface area contributed by atoms with E-state index < -0.39 is 11.5 Å². The molecule has 2 N–H and O–H groups in total. The number of hydrogen-bond acceptors (Lipinski definition) is 6. The molecule has 7 heteroatoms. The predicted octanol–water partition coefficient (Wildman–Crippen LogP) is 1.97. The predicted molar refractivity (Wildman–Crippen MR) is 80.3 cm³/mol. The largest absolute Gasteiger partial charge is 0.466 e. The van der Waals surface area contributed by atoms with Crippen LogP contribution in [-0.2, 0) is 5.60 Å². The number of nitrogens with one attached hydrogen (secondary N) is 1. The van der Waals surface area contributed by atoms with Crippen molar-refractivity contribution in [2.24, 2.45) is 0 Å². The Bertz CT molecular complexity index is 779. The Labute approximate surface area is 131 Å². The third-order valence-corrected chi connectivity index (χ3v) is 3.35. The molecule has 3 aromatic heterocycles. The molecule has 0 radical (unpaired) electrons. The fourth-order valence-electron chi connectivity index (χ4n) is 2.05. The molecule has 0 saturated heterocycles. The summed E-state index contributed by atoms with van der Waals surface area (Å²) in [5.74, 6) is 0.395. The third kappa shape index (κ3) is 3.29. The second kappa shape index (κ2) is 6.05. The van der Waals surface area contributed by atoms with Gasteiger partial charge in [0, 0.05) is 24.0 Å². The molecule has 1 amide bonds. The van der Waals surface area contributed by atoms with E-state index in [2.05, 4.69) is 15.5 Å². The zero-order chi connectivity index (χ0) is 16.3. The van der Waals surface area contributed by atoms with Crippen molar-refractivity contribution in [1.82, 2.24) is 15.5 Å². The Morgan fingerprint density at radius 3 is 2.83 bits per heavy atom. The molecule has 0 spiro atoms. The van der Waals surface area contributed by atoms with E-state index in [1.807, 2.05) is 0 Å². The number of aliphatic hydroxyl groups is 1. The summed E-state index contributed by atoms with van der Waals surface area (Å²) in [6.45, 7) is 1.54. The normalized spacial score (nSPS) is 13.5. The van der Waals surface area contributed by atoms with Crippen LogP contribution in [0.15, 0.2) is 57.9 Å². The van der Waals surface area contributed by atoms with Crippen LogP contribution in [0, 0.1) is 0 Å². The minimum absolute atomic E-state index is 0.0171. The first kappa shape index (κ1) is 15.0. The Morgan fingerprint density at radius 2 is 2.13 bits per heavy atom. The maximum Gasteiger partial charge on any atom is 0.273 e. The van der Waals surface area contributed by atoms with Crippen molar-refractivity contribution in [3.63, 3.8) is 0 Å². The highest BCUT2D eigenvalue weighted by atomic mass is 16.5. The zero-order valence-electron chi connectivity index (χ0n) is 12.4. The number of rotatable bonds is 5. The first-order valence-corrected chi connectivity index (χ1v) is 6.98. The van der Waals surface area contributed by atoms with Gasteiger partial charge in [-0.2, -0.15) is 0 Å². The highest BCUT2D eigenvalue weighted by Crippen LogP contribution is 2.21. The van der Waals surface area contributed by atoms with Crippen LogP contribution in [0.3, 0.4) is 0 Å². The molecule has 0 fully saturated rings. The summed E-state index contributed by atoms with van der Waals surface area (Å²) in [5.41, 5.74) is -0.405. The molecule has 118 valence electrons. The average Bonchev–Trinajstić information content (AvgIpc) is 3.25. The lowest BCUT2D eigenvalue weighted by atomic mass is 10.0. The third-order valence-electron chi connectivity index (χ3n) is 3.35. The number of furan rings is 1. The van der Waals surface area contributed by atoms with Gasteiger partial charge in [0.2, 0.25) is 0 Å². The first-order chi connectivity index (χ1) is 11.1. The summed E-state index contributed by atoms with van der Waals surface area (Å²) in [6.07, 6.45) is 4.71. The monoisotopic (exact) mass is 313 g/mol. The number of pyridine rings is 1. The van der Waals surface area contributed by atoms with Crippen molar-refractivity contribution in [2.45, 2.75) is 12.5 Å². The van der Waals surface area contributed by atoms with Crippen molar-refractivity contribution < 1.29 is 18.8 Å². The average molecular weight is 313 g/mol. The SMILES string of the molecule is CC(O)(CNC(=O)c1cc(-c2ccncc2)on1)c1ccco1. The maximum absolute atomic E-state index is 12.1. The van der Waals surface area contributed by atoms with Crippen LogP contribution in [0.5, 0.6) is 0 Å². The van der Waals surface area contributed by atoms with Gasteiger partial charge in [-0.1, -0.05) is 5.16 Å². The molecule has 0 bridgehead atoms. The molecule has 0 aliphatic rings. The minimum atomic E-state index is -1.31. The summed E-state index contributed by atoms with van der Waals surface area (Å²) in [7, 11) is 0. The highest BCUT2D eigenvalue weighted by Gasteiger charge is 2.27. The highest BCUT2D eigenvalue weighted by molar-refractivity contribution is 5.93. The summed E-state index contributed by atoms with van der Waals surface area (Å²) >= 11 is 0. The summed E-state index contributed by atoms with van der Waals surface area (Å²) in [5, 5.41) is 16.6. The van der Waals surface area contributed by atoms with E-state index in [0.717, 1.165) is 5.56 Å². The van der Waals surface area contributed by atoms with E-state index in [1.165, 1.54) is 12.3 Å². The zero-order valence-corrected chi connectivity index (χ0v) is 12.4. The smallest absolute Gasteiger partial charge is 0.273 e. The Hall–Kier alpha value is -2.93. The number of nitrogens with zero attached hydrogens (tertiary/aromatic N) is 2. The van der Waals surface area contributed by atoms with E-state index in [1.54, 1.807) is 43.6 Å². The molecular formula is C16H15N3O4. The molecule has 7 nitrogen and oxygen atoms in total. The van der Waals surface area contributed by atoms with E-state index in [4.69, 9.17) is 8.94 Å². The molecule has 1 unspecified atom stereocenters. The lowest BCUT2D eigenvalue weighted by Crippen LogP contribution is -2.38. The summed E-state index contributed by atoms with van der Waals surface area (Å²) in [6, 6.07) is 8.36. The van der Waals surface area contributed by atoms with Crippen LogP contribution < -0.4 is 5.32 Å². The van der Waals surface area contributed by atoms with Gasteiger partial charge in [-0.3, -0.25) is 9.78 Å². The number of carbonyl (C=O) groups is 1. The van der Waals surface area contributed by atoms with Crippen molar-refractivity contribution in [3.05, 3.63) is 60.4 Å². The van der Waals surface area contributed by atoms with Crippen LogP contribution in [0.2, 0.25) is 0 Å². The van der Waals surface area contributed by atoms with E-state index >= 15 is 0 Å². The van der Waals surface area contributed by atoms with Crippen LogP contribution in [0.25, 0.3) is 11.3 Å². The van der Waals surface area contributed by atoms with Gasteiger partial charge in [-0.25, -0.2) is 0 Å². The molecule has 3 rings (SSSR count). The Balaban J connectivity index is 1.66. The molecule has 0 aromatic carbocycles. The molecule has 23 heavy (non-hydrogen) atoms. The van der Waals surface area contributed by atoms with Gasteiger partial charge in [0.1, 0.15) is 11.4 Å².